The largest absolute Gasteiger partial charge is 2.00 e. The van der Waals surface area contributed by atoms with Crippen molar-refractivity contribution in [3.8, 4) is 0 Å². The van der Waals surface area contributed by atoms with Crippen molar-refractivity contribution < 1.29 is 53.2 Å². The van der Waals surface area contributed by atoms with Gasteiger partial charge >= 0.3 is 17.1 Å². The van der Waals surface area contributed by atoms with Crippen molar-refractivity contribution in [1.29, 1.82) is 0 Å². The molecule has 1 radical (unpaired) electrons. The third-order valence-electron chi connectivity index (χ3n) is 0.836. The first-order valence-corrected chi connectivity index (χ1v) is 6.09. The van der Waals surface area contributed by atoms with Gasteiger partial charge in [0.15, 0.2) is 0 Å². The van der Waals surface area contributed by atoms with Gasteiger partial charge in [0.1, 0.15) is 31.1 Å². The summed E-state index contributed by atoms with van der Waals surface area (Å²) in [6.07, 6.45) is 0. The van der Waals surface area contributed by atoms with Crippen molar-refractivity contribution in [2.45, 2.75) is 24.7 Å². The fourth-order valence-corrected chi connectivity index (χ4v) is 0. The minimum Gasteiger partial charge on any atom is -0.746 e. The van der Waals surface area contributed by atoms with E-state index < -0.39 is 31.1 Å². The van der Waals surface area contributed by atoms with Crippen LogP contribution in [0.1, 0.15) is 13.8 Å². The second kappa shape index (κ2) is 7.52. The van der Waals surface area contributed by atoms with Gasteiger partial charge in [0, 0.05) is 0 Å². The Bertz CT molecular complexity index is 305. The topological polar surface area (TPSA) is 155 Å². The summed E-state index contributed by atoms with van der Waals surface area (Å²) in [7, 11) is -8.87. The standard InChI is InChI=1S/2C2H6O4S.Cu/c2*1-2(3)7(4,5)6;/h2*2-3H,1H3,(H,4,5,6);/q;;+2/p-2. The maximum Gasteiger partial charge on any atom is 2.00 e. The van der Waals surface area contributed by atoms with Crippen LogP contribution >= 0.6 is 0 Å². The molecule has 0 aliphatic carbocycles. The Morgan fingerprint density at radius 1 is 0.867 bits per heavy atom. The van der Waals surface area contributed by atoms with Crippen molar-refractivity contribution in [3.63, 3.8) is 0 Å². The first kappa shape index (κ1) is 20.6. The Labute approximate surface area is 98.3 Å². The van der Waals surface area contributed by atoms with Crippen LogP contribution in [0.5, 0.6) is 0 Å². The average molecular weight is 314 g/mol. The van der Waals surface area contributed by atoms with E-state index in [0.717, 1.165) is 13.8 Å². The fraction of sp³-hybridized carbons (Fsp3) is 1.00. The quantitative estimate of drug-likeness (QED) is 0.427. The molecule has 0 aromatic heterocycles. The number of rotatable bonds is 2. The number of hydrogen-bond donors (Lipinski definition) is 2. The van der Waals surface area contributed by atoms with Gasteiger partial charge in [-0.15, -0.1) is 0 Å². The average Bonchev–Trinajstić information content (AvgIpc) is 1.83. The molecule has 0 bridgehead atoms. The van der Waals surface area contributed by atoms with Gasteiger partial charge in [-0.3, -0.25) is 0 Å². The Morgan fingerprint density at radius 3 is 0.933 bits per heavy atom. The van der Waals surface area contributed by atoms with Crippen LogP contribution in [-0.4, -0.2) is 47.0 Å². The van der Waals surface area contributed by atoms with Crippen LogP contribution < -0.4 is 0 Å². The fourth-order valence-electron chi connectivity index (χ4n) is 0. The van der Waals surface area contributed by atoms with Crippen molar-refractivity contribution in [1.82, 2.24) is 0 Å². The molecule has 0 rings (SSSR count). The predicted octanol–water partition coefficient (Wildman–Crippen LogP) is -2.26. The van der Waals surface area contributed by atoms with Crippen LogP contribution in [0.15, 0.2) is 0 Å². The first-order valence-electron chi connectivity index (χ1n) is 3.14. The molecular weight excluding hydrogens is 304 g/mol. The van der Waals surface area contributed by atoms with Crippen LogP contribution in [0.4, 0.5) is 0 Å². The molecule has 2 unspecified atom stereocenters. The van der Waals surface area contributed by atoms with Gasteiger partial charge < -0.3 is 19.3 Å². The van der Waals surface area contributed by atoms with Crippen LogP contribution in [0.2, 0.25) is 0 Å². The van der Waals surface area contributed by atoms with E-state index in [1.165, 1.54) is 0 Å². The van der Waals surface area contributed by atoms with Gasteiger partial charge in [-0.1, -0.05) is 0 Å². The van der Waals surface area contributed by atoms with E-state index in [1.807, 2.05) is 0 Å². The summed E-state index contributed by atoms with van der Waals surface area (Å²) < 4.78 is 57.2. The molecule has 8 nitrogen and oxygen atoms in total. The molecule has 11 heteroatoms. The predicted molar refractivity (Wildman–Crippen MR) is 42.8 cm³/mol. The van der Waals surface area contributed by atoms with Crippen molar-refractivity contribution in [2.75, 3.05) is 0 Å². The van der Waals surface area contributed by atoms with E-state index in [4.69, 9.17) is 10.2 Å². The summed E-state index contributed by atoms with van der Waals surface area (Å²) >= 11 is 0. The summed E-state index contributed by atoms with van der Waals surface area (Å²) in [5.74, 6) is 0. The summed E-state index contributed by atoms with van der Waals surface area (Å²) in [5, 5.41) is 16.0. The van der Waals surface area contributed by atoms with Crippen molar-refractivity contribution in [2.24, 2.45) is 0 Å². The molecule has 0 aliphatic rings. The Balaban J connectivity index is -0.000000180. The van der Waals surface area contributed by atoms with Crippen LogP contribution in [-0.2, 0) is 37.3 Å². The minimum atomic E-state index is -4.44. The van der Waals surface area contributed by atoms with Crippen LogP contribution in [0.3, 0.4) is 0 Å². The van der Waals surface area contributed by atoms with Gasteiger partial charge in [0.05, 0.1) is 0 Å². The molecule has 15 heavy (non-hydrogen) atoms. The van der Waals surface area contributed by atoms with E-state index in [2.05, 4.69) is 0 Å². The van der Waals surface area contributed by atoms with Gasteiger partial charge in [-0.2, -0.15) is 0 Å². The van der Waals surface area contributed by atoms with Gasteiger partial charge in [-0.05, 0) is 13.8 Å². The molecule has 0 spiro atoms. The SMILES string of the molecule is CC(O)S(=O)(=O)[O-].CC(O)S(=O)(=O)[O-].[Cu+2]. The van der Waals surface area contributed by atoms with Gasteiger partial charge in [0.2, 0.25) is 0 Å². The molecule has 0 heterocycles. The molecule has 0 aromatic rings. The summed E-state index contributed by atoms with van der Waals surface area (Å²) in [6.45, 7) is 1.81. The Morgan fingerprint density at radius 2 is 0.933 bits per heavy atom. The molecule has 2 atom stereocenters. The molecule has 0 saturated carbocycles. The summed E-state index contributed by atoms with van der Waals surface area (Å²) in [5.41, 5.74) is -3.57. The first-order chi connectivity index (χ1) is 5.89. The third-order valence-corrected chi connectivity index (χ3v) is 2.51. The van der Waals surface area contributed by atoms with E-state index in [0.29, 0.717) is 0 Å². The number of aliphatic hydroxyl groups excluding tert-OH is 2. The van der Waals surface area contributed by atoms with Crippen molar-refractivity contribution in [3.05, 3.63) is 0 Å². The molecule has 0 saturated heterocycles. The third kappa shape index (κ3) is 14.3. The summed E-state index contributed by atoms with van der Waals surface area (Å²) in [4.78, 5) is 0. The Hall–Kier alpha value is 0.259. The van der Waals surface area contributed by atoms with E-state index in [9.17, 15) is 25.9 Å². The zero-order valence-corrected chi connectivity index (χ0v) is 10.2. The molecule has 97 valence electrons. The smallest absolute Gasteiger partial charge is 0.746 e. The van der Waals surface area contributed by atoms with Gasteiger partial charge in [0.25, 0.3) is 0 Å². The second-order valence-corrected chi connectivity index (χ2v) is 5.52. The second-order valence-electron chi connectivity index (χ2n) is 2.18. The zero-order chi connectivity index (χ0) is 12.2. The zero-order valence-electron chi connectivity index (χ0n) is 7.62. The normalized spacial score (nSPS) is 15.3. The van der Waals surface area contributed by atoms with Crippen LogP contribution in [0, 0.1) is 0 Å². The molecular formula is C4H10CuO8S2. The Kier molecular flexibility index (Phi) is 10.3. The molecule has 0 aromatic carbocycles. The van der Waals surface area contributed by atoms with Gasteiger partial charge in [-0.25, -0.2) is 16.8 Å². The molecule has 0 amide bonds. The molecule has 0 fully saturated rings. The maximum atomic E-state index is 9.53. The molecule has 0 aliphatic heterocycles. The van der Waals surface area contributed by atoms with Crippen LogP contribution in [0.25, 0.3) is 0 Å². The number of aliphatic hydroxyl groups is 2. The van der Waals surface area contributed by atoms with E-state index >= 15 is 0 Å². The maximum absolute atomic E-state index is 9.53. The van der Waals surface area contributed by atoms with E-state index in [1.54, 1.807) is 0 Å². The molecule has 2 N–H and O–H groups in total. The minimum absolute atomic E-state index is 0. The summed E-state index contributed by atoms with van der Waals surface area (Å²) in [6, 6.07) is 0. The van der Waals surface area contributed by atoms with Crippen molar-refractivity contribution >= 4 is 20.2 Å². The monoisotopic (exact) mass is 313 g/mol. The van der Waals surface area contributed by atoms with E-state index in [-0.39, 0.29) is 17.1 Å². The number of hydrogen-bond acceptors (Lipinski definition) is 8.